The minimum absolute atomic E-state index is 0.198. The van der Waals surface area contributed by atoms with E-state index >= 15 is 0 Å². The Balaban J connectivity index is 2.57. The first-order valence-electron chi connectivity index (χ1n) is 3.24. The maximum absolute atomic E-state index is 5.44. The summed E-state index contributed by atoms with van der Waals surface area (Å²) >= 11 is 0. The third-order valence-electron chi connectivity index (χ3n) is 1.41. The van der Waals surface area contributed by atoms with Gasteiger partial charge >= 0.3 is 0 Å². The minimum Gasteiger partial charge on any atom is -0.378 e. The highest BCUT2D eigenvalue weighted by Gasteiger charge is 2.10. The number of anilines is 1. The van der Waals surface area contributed by atoms with E-state index in [-0.39, 0.29) is 5.82 Å². The number of hydrogen-bond acceptors (Lipinski definition) is 6. The van der Waals surface area contributed by atoms with Crippen LogP contribution in [0.4, 0.5) is 5.82 Å². The molecule has 0 aromatic carbocycles. The average molecular weight is 166 g/mol. The minimum atomic E-state index is 0.198. The number of nitrogen functional groups attached to an aromatic ring is 1. The Morgan fingerprint density at radius 2 is 2.33 bits per heavy atom. The molecule has 0 amide bonds. The molecule has 0 aliphatic carbocycles. The summed E-state index contributed by atoms with van der Waals surface area (Å²) in [4.78, 5) is 3.90. The van der Waals surface area contributed by atoms with Crippen molar-refractivity contribution in [3.8, 4) is 5.82 Å². The summed E-state index contributed by atoms with van der Waals surface area (Å²) in [6.07, 6.45) is 1.41. The zero-order chi connectivity index (χ0) is 8.55. The van der Waals surface area contributed by atoms with E-state index in [1.807, 2.05) is 0 Å². The molecule has 2 rings (SSSR count). The Hall–Kier alpha value is -1.92. The van der Waals surface area contributed by atoms with E-state index in [1.165, 1.54) is 11.0 Å². The molecule has 7 nitrogen and oxygen atoms in total. The molecule has 7 heteroatoms. The smallest absolute Gasteiger partial charge is 0.243 e. The van der Waals surface area contributed by atoms with Crippen molar-refractivity contribution in [1.29, 1.82) is 0 Å². The molecule has 2 N–H and O–H groups in total. The van der Waals surface area contributed by atoms with E-state index < -0.39 is 0 Å². The summed E-state index contributed by atoms with van der Waals surface area (Å²) in [5.41, 5.74) is 5.44. The second kappa shape index (κ2) is 2.29. The van der Waals surface area contributed by atoms with Gasteiger partial charge in [-0.15, -0.1) is 0 Å². The van der Waals surface area contributed by atoms with Crippen molar-refractivity contribution in [2.24, 2.45) is 0 Å². The van der Waals surface area contributed by atoms with Crippen molar-refractivity contribution in [3.63, 3.8) is 0 Å². The molecular formula is C5H6N6O. The first-order valence-corrected chi connectivity index (χ1v) is 3.24. The lowest BCUT2D eigenvalue weighted by Gasteiger charge is -1.94. The van der Waals surface area contributed by atoms with Gasteiger partial charge in [0.05, 0.1) is 0 Å². The fraction of sp³-hybridized carbons (Fsp3) is 0.200. The van der Waals surface area contributed by atoms with E-state index in [2.05, 4.69) is 25.0 Å². The van der Waals surface area contributed by atoms with E-state index in [0.717, 1.165) is 0 Å². The van der Waals surface area contributed by atoms with Gasteiger partial charge in [-0.1, -0.05) is 0 Å². The van der Waals surface area contributed by atoms with Crippen LogP contribution in [-0.2, 0) is 0 Å². The fourth-order valence-electron chi connectivity index (χ4n) is 0.845. The molecule has 0 saturated heterocycles. The third-order valence-corrected chi connectivity index (χ3v) is 1.41. The SMILES string of the molecule is Cc1ncnn1-c1nonc1N. The van der Waals surface area contributed by atoms with E-state index in [4.69, 9.17) is 5.73 Å². The molecule has 0 unspecified atom stereocenters. The van der Waals surface area contributed by atoms with Crippen LogP contribution >= 0.6 is 0 Å². The van der Waals surface area contributed by atoms with Gasteiger partial charge in [-0.05, 0) is 17.2 Å². The molecule has 0 bridgehead atoms. The van der Waals surface area contributed by atoms with E-state index in [1.54, 1.807) is 6.92 Å². The Morgan fingerprint density at radius 1 is 1.50 bits per heavy atom. The highest BCUT2D eigenvalue weighted by atomic mass is 16.6. The largest absolute Gasteiger partial charge is 0.378 e. The lowest BCUT2D eigenvalue weighted by atomic mass is 10.6. The molecule has 62 valence electrons. The number of aryl methyl sites for hydroxylation is 1. The van der Waals surface area contributed by atoms with Crippen LogP contribution in [0.15, 0.2) is 11.0 Å². The van der Waals surface area contributed by atoms with Gasteiger partial charge in [0.15, 0.2) is 0 Å². The highest BCUT2D eigenvalue weighted by molar-refractivity contribution is 5.43. The Kier molecular flexibility index (Phi) is 1.29. The van der Waals surface area contributed by atoms with Gasteiger partial charge in [0.2, 0.25) is 11.6 Å². The van der Waals surface area contributed by atoms with Crippen molar-refractivity contribution in [3.05, 3.63) is 12.2 Å². The van der Waals surface area contributed by atoms with E-state index in [9.17, 15) is 0 Å². The van der Waals surface area contributed by atoms with Gasteiger partial charge in [0, 0.05) is 0 Å². The third kappa shape index (κ3) is 0.831. The van der Waals surface area contributed by atoms with Crippen LogP contribution in [0.3, 0.4) is 0 Å². The van der Waals surface area contributed by atoms with Crippen LogP contribution in [0.5, 0.6) is 0 Å². The predicted molar refractivity (Wildman–Crippen MR) is 38.4 cm³/mol. The van der Waals surface area contributed by atoms with E-state index in [0.29, 0.717) is 11.6 Å². The Labute approximate surface area is 67.2 Å². The van der Waals surface area contributed by atoms with Crippen LogP contribution in [0, 0.1) is 6.92 Å². The zero-order valence-electron chi connectivity index (χ0n) is 6.30. The second-order valence-electron chi connectivity index (χ2n) is 2.19. The average Bonchev–Trinajstić information content (AvgIpc) is 2.59. The van der Waals surface area contributed by atoms with Gasteiger partial charge in [-0.25, -0.2) is 9.61 Å². The van der Waals surface area contributed by atoms with Crippen LogP contribution in [0.25, 0.3) is 5.82 Å². The first kappa shape index (κ1) is 6.77. The van der Waals surface area contributed by atoms with Crippen molar-refractivity contribution in [2.75, 3.05) is 5.73 Å². The fourth-order valence-corrected chi connectivity index (χ4v) is 0.845. The topological polar surface area (TPSA) is 95.6 Å². The van der Waals surface area contributed by atoms with Crippen LogP contribution in [-0.4, -0.2) is 25.1 Å². The quantitative estimate of drug-likeness (QED) is 0.615. The van der Waals surface area contributed by atoms with Crippen molar-refractivity contribution in [2.45, 2.75) is 6.92 Å². The lowest BCUT2D eigenvalue weighted by molar-refractivity contribution is 0.307. The van der Waals surface area contributed by atoms with Gasteiger partial charge in [-0.3, -0.25) is 0 Å². The summed E-state index contributed by atoms with van der Waals surface area (Å²) in [6.45, 7) is 1.78. The Morgan fingerprint density at radius 3 is 2.83 bits per heavy atom. The summed E-state index contributed by atoms with van der Waals surface area (Å²) in [5.74, 6) is 1.24. The lowest BCUT2D eigenvalue weighted by Crippen LogP contribution is -2.02. The monoisotopic (exact) mass is 166 g/mol. The molecule has 2 aromatic rings. The van der Waals surface area contributed by atoms with Crippen LogP contribution < -0.4 is 5.73 Å². The van der Waals surface area contributed by atoms with Gasteiger partial charge in [-0.2, -0.15) is 9.78 Å². The number of hydrogen-bond donors (Lipinski definition) is 1. The van der Waals surface area contributed by atoms with Gasteiger partial charge in [0.1, 0.15) is 12.2 Å². The summed E-state index contributed by atoms with van der Waals surface area (Å²) < 4.78 is 5.86. The molecule has 0 saturated carbocycles. The van der Waals surface area contributed by atoms with Crippen molar-refractivity contribution in [1.82, 2.24) is 25.1 Å². The number of aromatic nitrogens is 5. The van der Waals surface area contributed by atoms with Crippen molar-refractivity contribution >= 4 is 5.82 Å². The number of rotatable bonds is 1. The molecule has 2 heterocycles. The summed E-state index contributed by atoms with van der Waals surface area (Å²) in [6, 6.07) is 0. The highest BCUT2D eigenvalue weighted by Crippen LogP contribution is 2.10. The second-order valence-corrected chi connectivity index (χ2v) is 2.19. The molecular weight excluding hydrogens is 160 g/mol. The standard InChI is InChI=1S/C5H6N6O/c1-3-7-2-8-11(3)5-4(6)9-12-10-5/h2H,1H3,(H2,6,9). The molecule has 0 radical (unpaired) electrons. The van der Waals surface area contributed by atoms with Gasteiger partial charge < -0.3 is 5.73 Å². The summed E-state index contributed by atoms with van der Waals surface area (Å²) in [7, 11) is 0. The Bertz CT molecular complexity index is 352. The molecule has 0 fully saturated rings. The maximum Gasteiger partial charge on any atom is 0.243 e. The predicted octanol–water partition coefficient (Wildman–Crippen LogP) is -0.459. The zero-order valence-corrected chi connectivity index (χ0v) is 6.30. The molecule has 0 aliphatic heterocycles. The van der Waals surface area contributed by atoms with Crippen molar-refractivity contribution < 1.29 is 4.63 Å². The molecule has 0 spiro atoms. The van der Waals surface area contributed by atoms with Crippen LogP contribution in [0.1, 0.15) is 5.82 Å². The van der Waals surface area contributed by atoms with Gasteiger partial charge in [0.25, 0.3) is 0 Å². The number of nitrogens with two attached hydrogens (primary N) is 1. The number of nitrogens with zero attached hydrogens (tertiary/aromatic N) is 5. The maximum atomic E-state index is 5.44. The molecule has 12 heavy (non-hydrogen) atoms. The van der Waals surface area contributed by atoms with Crippen LogP contribution in [0.2, 0.25) is 0 Å². The normalized spacial score (nSPS) is 10.4. The molecule has 0 aliphatic rings. The molecule has 2 aromatic heterocycles. The summed E-state index contributed by atoms with van der Waals surface area (Å²) in [5, 5.41) is 10.9. The first-order chi connectivity index (χ1) is 5.79. The molecule has 0 atom stereocenters.